The van der Waals surface area contributed by atoms with E-state index in [0.29, 0.717) is 34.5 Å². The first-order valence-corrected chi connectivity index (χ1v) is 8.79. The molecule has 2 fully saturated rings. The zero-order valence-electron chi connectivity index (χ0n) is 14.8. The van der Waals surface area contributed by atoms with Gasteiger partial charge in [0.05, 0.1) is 5.69 Å². The molecule has 4 nitrogen and oxygen atoms in total. The average molecular weight is 341 g/mol. The van der Waals surface area contributed by atoms with E-state index in [4.69, 9.17) is 10.5 Å². The summed E-state index contributed by atoms with van der Waals surface area (Å²) in [5, 5.41) is 3.35. The predicted octanol–water partition coefficient (Wildman–Crippen LogP) is 2.99. The Kier molecular flexibility index (Phi) is 3.81. The lowest BCUT2D eigenvalue weighted by atomic mass is 9.94. The van der Waals surface area contributed by atoms with Crippen LogP contribution in [0.3, 0.4) is 0 Å². The molecule has 1 saturated carbocycles. The first kappa shape index (κ1) is 16.5. The largest absolute Gasteiger partial charge is 0.474 e. The topological polar surface area (TPSA) is 60.2 Å². The highest BCUT2D eigenvalue weighted by Crippen LogP contribution is 2.44. The summed E-state index contributed by atoms with van der Waals surface area (Å²) in [5.74, 6) is 1.41. The van der Waals surface area contributed by atoms with Crippen molar-refractivity contribution in [3.05, 3.63) is 47.3 Å². The monoisotopic (exact) mass is 341 g/mol. The molecule has 1 aromatic heterocycles. The van der Waals surface area contributed by atoms with Gasteiger partial charge in [-0.2, -0.15) is 0 Å². The number of aromatic nitrogens is 1. The maximum Gasteiger partial charge on any atom is 0.214 e. The normalized spacial score (nSPS) is 24.9. The third-order valence-electron chi connectivity index (χ3n) is 5.28. The molecule has 3 atom stereocenters. The molecular formula is C20H24FN3O. The number of pyridine rings is 1. The summed E-state index contributed by atoms with van der Waals surface area (Å²) in [4.78, 5) is 4.59. The molecule has 1 aliphatic heterocycles. The van der Waals surface area contributed by atoms with Crippen LogP contribution in [0.2, 0.25) is 0 Å². The number of piperidine rings is 1. The van der Waals surface area contributed by atoms with E-state index in [1.54, 1.807) is 19.1 Å². The minimum absolute atomic E-state index is 0.208. The molecule has 2 aliphatic rings. The molecule has 1 aromatic carbocycles. The van der Waals surface area contributed by atoms with E-state index in [1.165, 1.54) is 0 Å². The number of aryl methyl sites for hydroxylation is 1. The molecule has 0 amide bonds. The number of nitrogens with zero attached hydrogens (tertiary/aromatic N) is 1. The summed E-state index contributed by atoms with van der Waals surface area (Å²) in [6, 6.07) is 9.09. The standard InChI is InChI=1S/C20H24FN3O/c1-11-5-4-6-13(18(11)21)16-7-12(20(2,3)22)8-17(24-16)25-19-14-9-23-10-15(14)19/h4-8,14-15,19,23H,9-10,22H2,1-3H3/t14-,15+,19?. The fourth-order valence-corrected chi connectivity index (χ4v) is 3.60. The van der Waals surface area contributed by atoms with Crippen molar-refractivity contribution in [2.24, 2.45) is 17.6 Å². The molecule has 1 unspecified atom stereocenters. The lowest BCUT2D eigenvalue weighted by Gasteiger charge is -2.21. The van der Waals surface area contributed by atoms with Gasteiger partial charge in [0.15, 0.2) is 0 Å². The minimum Gasteiger partial charge on any atom is -0.474 e. The quantitative estimate of drug-likeness (QED) is 0.897. The molecule has 4 rings (SSSR count). The van der Waals surface area contributed by atoms with Gasteiger partial charge in [-0.3, -0.25) is 0 Å². The molecule has 25 heavy (non-hydrogen) atoms. The van der Waals surface area contributed by atoms with Crippen LogP contribution in [0.5, 0.6) is 5.88 Å². The summed E-state index contributed by atoms with van der Waals surface area (Å²) in [7, 11) is 0. The molecule has 0 spiro atoms. The van der Waals surface area contributed by atoms with E-state index in [1.807, 2.05) is 32.0 Å². The minimum atomic E-state index is -0.558. The first-order chi connectivity index (χ1) is 11.8. The Balaban J connectivity index is 1.73. The van der Waals surface area contributed by atoms with Gasteiger partial charge in [-0.15, -0.1) is 0 Å². The number of fused-ring (bicyclic) bond motifs is 1. The lowest BCUT2D eigenvalue weighted by Crippen LogP contribution is -2.29. The summed E-state index contributed by atoms with van der Waals surface area (Å²) in [5.41, 5.74) is 8.26. The second-order valence-electron chi connectivity index (χ2n) is 7.81. The van der Waals surface area contributed by atoms with E-state index in [2.05, 4.69) is 10.3 Å². The van der Waals surface area contributed by atoms with Crippen molar-refractivity contribution in [1.82, 2.24) is 10.3 Å². The van der Waals surface area contributed by atoms with Crippen LogP contribution in [0, 0.1) is 24.6 Å². The van der Waals surface area contributed by atoms with Gasteiger partial charge in [0.2, 0.25) is 5.88 Å². The van der Waals surface area contributed by atoms with Crippen molar-refractivity contribution in [3.8, 4) is 17.1 Å². The van der Waals surface area contributed by atoms with Crippen LogP contribution >= 0.6 is 0 Å². The number of hydrogen-bond donors (Lipinski definition) is 2. The van der Waals surface area contributed by atoms with E-state index in [0.717, 1.165) is 18.7 Å². The number of nitrogens with one attached hydrogen (secondary N) is 1. The van der Waals surface area contributed by atoms with Gasteiger partial charge in [0, 0.05) is 42.1 Å². The van der Waals surface area contributed by atoms with Gasteiger partial charge in [-0.1, -0.05) is 12.1 Å². The Morgan fingerprint density at radius 3 is 2.64 bits per heavy atom. The van der Waals surface area contributed by atoms with E-state index in [-0.39, 0.29) is 11.9 Å². The summed E-state index contributed by atoms with van der Waals surface area (Å²) < 4.78 is 20.7. The average Bonchev–Trinajstić information content (AvgIpc) is 2.98. The highest BCUT2D eigenvalue weighted by atomic mass is 19.1. The van der Waals surface area contributed by atoms with Gasteiger partial charge < -0.3 is 15.8 Å². The van der Waals surface area contributed by atoms with Crippen molar-refractivity contribution in [2.75, 3.05) is 13.1 Å². The number of nitrogens with two attached hydrogens (primary N) is 1. The Morgan fingerprint density at radius 1 is 1.24 bits per heavy atom. The van der Waals surface area contributed by atoms with E-state index >= 15 is 0 Å². The van der Waals surface area contributed by atoms with Gasteiger partial charge in [0.25, 0.3) is 0 Å². The molecule has 132 valence electrons. The van der Waals surface area contributed by atoms with Crippen molar-refractivity contribution >= 4 is 0 Å². The highest BCUT2D eigenvalue weighted by molar-refractivity contribution is 5.63. The number of benzene rings is 1. The third-order valence-corrected chi connectivity index (χ3v) is 5.28. The molecule has 3 N–H and O–H groups in total. The molecule has 1 saturated heterocycles. The molecule has 1 aliphatic carbocycles. The van der Waals surface area contributed by atoms with Crippen LogP contribution in [0.1, 0.15) is 25.0 Å². The second-order valence-corrected chi connectivity index (χ2v) is 7.81. The summed E-state index contributed by atoms with van der Waals surface area (Å²) in [6.45, 7) is 7.61. The second kappa shape index (κ2) is 5.78. The predicted molar refractivity (Wildman–Crippen MR) is 95.8 cm³/mol. The zero-order valence-corrected chi connectivity index (χ0v) is 14.8. The summed E-state index contributed by atoms with van der Waals surface area (Å²) in [6.07, 6.45) is 0.208. The highest BCUT2D eigenvalue weighted by Gasteiger charge is 2.55. The van der Waals surface area contributed by atoms with E-state index < -0.39 is 5.54 Å². The van der Waals surface area contributed by atoms with Gasteiger partial charge >= 0.3 is 0 Å². The number of hydrogen-bond acceptors (Lipinski definition) is 4. The van der Waals surface area contributed by atoms with Crippen LogP contribution in [-0.2, 0) is 5.54 Å². The maximum atomic E-state index is 14.6. The number of ether oxygens (including phenoxy) is 1. The molecule has 0 radical (unpaired) electrons. The molecule has 5 heteroatoms. The molecule has 0 bridgehead atoms. The smallest absolute Gasteiger partial charge is 0.214 e. The van der Waals surface area contributed by atoms with Crippen molar-refractivity contribution < 1.29 is 9.13 Å². The summed E-state index contributed by atoms with van der Waals surface area (Å²) >= 11 is 0. The Morgan fingerprint density at radius 2 is 1.96 bits per heavy atom. The van der Waals surface area contributed by atoms with Crippen LogP contribution in [0.15, 0.2) is 30.3 Å². The van der Waals surface area contributed by atoms with Gasteiger partial charge in [-0.25, -0.2) is 9.37 Å². The Hall–Kier alpha value is -1.98. The first-order valence-electron chi connectivity index (χ1n) is 8.79. The van der Waals surface area contributed by atoms with Crippen LogP contribution in [0.4, 0.5) is 4.39 Å². The third kappa shape index (κ3) is 3.02. The zero-order chi connectivity index (χ0) is 17.8. The Bertz CT molecular complexity index is 805. The van der Waals surface area contributed by atoms with Crippen LogP contribution in [0.25, 0.3) is 11.3 Å². The van der Waals surface area contributed by atoms with Crippen LogP contribution in [-0.4, -0.2) is 24.2 Å². The van der Waals surface area contributed by atoms with Crippen molar-refractivity contribution in [3.63, 3.8) is 0 Å². The van der Waals surface area contributed by atoms with Crippen molar-refractivity contribution in [1.29, 1.82) is 0 Å². The van der Waals surface area contributed by atoms with Gasteiger partial charge in [-0.05, 0) is 44.0 Å². The van der Waals surface area contributed by atoms with Crippen molar-refractivity contribution in [2.45, 2.75) is 32.4 Å². The van der Waals surface area contributed by atoms with Crippen LogP contribution < -0.4 is 15.8 Å². The molecule has 2 aromatic rings. The molecule has 2 heterocycles. The SMILES string of the molecule is Cc1cccc(-c2cc(C(C)(C)N)cc(OC3[C@H]4CNC[C@@H]34)n2)c1F. The fraction of sp³-hybridized carbons (Fsp3) is 0.450. The van der Waals surface area contributed by atoms with E-state index in [9.17, 15) is 4.39 Å². The molecular weight excluding hydrogens is 317 g/mol. The lowest BCUT2D eigenvalue weighted by molar-refractivity contribution is 0.251. The van der Waals surface area contributed by atoms with Gasteiger partial charge in [0.1, 0.15) is 11.9 Å². The number of halogens is 1. The maximum absolute atomic E-state index is 14.6. The Labute approximate surface area is 147 Å². The number of rotatable bonds is 4. The fourth-order valence-electron chi connectivity index (χ4n) is 3.60.